The van der Waals surface area contributed by atoms with E-state index in [1.165, 1.54) is 7.11 Å². The SMILES string of the molecule is COC(=O)C1CCCN(c2nccc(C)c2C#N)C1. The van der Waals surface area contributed by atoms with Gasteiger partial charge in [-0.3, -0.25) is 4.79 Å². The molecule has 1 atom stereocenters. The summed E-state index contributed by atoms with van der Waals surface area (Å²) in [5.41, 5.74) is 1.50. The molecule has 1 aromatic heterocycles. The van der Waals surface area contributed by atoms with Gasteiger partial charge in [-0.1, -0.05) is 0 Å². The van der Waals surface area contributed by atoms with Crippen LogP contribution >= 0.6 is 0 Å². The van der Waals surface area contributed by atoms with Gasteiger partial charge in [-0.15, -0.1) is 0 Å². The van der Waals surface area contributed by atoms with E-state index in [9.17, 15) is 10.1 Å². The molecule has 1 fully saturated rings. The van der Waals surface area contributed by atoms with Gasteiger partial charge in [0, 0.05) is 19.3 Å². The van der Waals surface area contributed by atoms with E-state index in [2.05, 4.69) is 11.1 Å². The molecule has 0 spiro atoms. The minimum Gasteiger partial charge on any atom is -0.469 e. The second kappa shape index (κ2) is 5.70. The van der Waals surface area contributed by atoms with E-state index in [-0.39, 0.29) is 11.9 Å². The third kappa shape index (κ3) is 2.68. The van der Waals surface area contributed by atoms with E-state index in [4.69, 9.17) is 4.74 Å². The van der Waals surface area contributed by atoms with Gasteiger partial charge in [-0.05, 0) is 31.4 Å². The largest absolute Gasteiger partial charge is 0.469 e. The molecular weight excluding hydrogens is 242 g/mol. The van der Waals surface area contributed by atoms with Gasteiger partial charge >= 0.3 is 5.97 Å². The number of pyridine rings is 1. The third-order valence-corrected chi connectivity index (χ3v) is 3.51. The molecule has 0 radical (unpaired) electrons. The van der Waals surface area contributed by atoms with Crippen LogP contribution in [0.1, 0.15) is 24.0 Å². The molecule has 100 valence electrons. The van der Waals surface area contributed by atoms with Crippen molar-refractivity contribution in [3.05, 3.63) is 23.4 Å². The number of aryl methyl sites for hydroxylation is 1. The molecular formula is C14H17N3O2. The lowest BCUT2D eigenvalue weighted by Crippen LogP contribution is -2.40. The van der Waals surface area contributed by atoms with Gasteiger partial charge in [0.2, 0.25) is 0 Å². The topological polar surface area (TPSA) is 66.2 Å². The van der Waals surface area contributed by atoms with Crippen LogP contribution in [-0.2, 0) is 9.53 Å². The summed E-state index contributed by atoms with van der Waals surface area (Å²) in [5.74, 6) is 0.361. The summed E-state index contributed by atoms with van der Waals surface area (Å²) in [6.45, 7) is 3.28. The number of aromatic nitrogens is 1. The Morgan fingerprint density at radius 1 is 1.63 bits per heavy atom. The number of nitriles is 1. The number of esters is 1. The Hall–Kier alpha value is -2.09. The molecule has 0 saturated carbocycles. The second-order valence-electron chi connectivity index (χ2n) is 4.75. The highest BCUT2D eigenvalue weighted by molar-refractivity contribution is 5.73. The Morgan fingerprint density at radius 3 is 3.11 bits per heavy atom. The number of carbonyl (C=O) groups is 1. The number of methoxy groups -OCH3 is 1. The molecule has 0 amide bonds. The first-order valence-corrected chi connectivity index (χ1v) is 6.36. The molecule has 1 aliphatic heterocycles. The highest BCUT2D eigenvalue weighted by atomic mass is 16.5. The van der Waals surface area contributed by atoms with Gasteiger partial charge in [-0.2, -0.15) is 5.26 Å². The first-order valence-electron chi connectivity index (χ1n) is 6.36. The van der Waals surface area contributed by atoms with E-state index in [1.807, 2.05) is 17.9 Å². The Labute approximate surface area is 112 Å². The van der Waals surface area contributed by atoms with Gasteiger partial charge in [-0.25, -0.2) is 4.98 Å². The molecule has 1 aliphatic rings. The molecule has 2 heterocycles. The summed E-state index contributed by atoms with van der Waals surface area (Å²) >= 11 is 0. The van der Waals surface area contributed by atoms with Crippen LogP contribution in [0.2, 0.25) is 0 Å². The molecule has 0 aromatic carbocycles. The Morgan fingerprint density at radius 2 is 2.42 bits per heavy atom. The van der Waals surface area contributed by atoms with Crippen molar-refractivity contribution >= 4 is 11.8 Å². The smallest absolute Gasteiger partial charge is 0.310 e. The minimum atomic E-state index is -0.184. The maximum atomic E-state index is 11.6. The van der Waals surface area contributed by atoms with Crippen molar-refractivity contribution in [2.75, 3.05) is 25.1 Å². The fourth-order valence-electron chi connectivity index (χ4n) is 2.45. The zero-order chi connectivity index (χ0) is 13.8. The van der Waals surface area contributed by atoms with Crippen LogP contribution in [0.3, 0.4) is 0 Å². The number of anilines is 1. The monoisotopic (exact) mass is 259 g/mol. The van der Waals surface area contributed by atoms with Crippen molar-refractivity contribution in [2.24, 2.45) is 5.92 Å². The number of ether oxygens (including phenoxy) is 1. The summed E-state index contributed by atoms with van der Waals surface area (Å²) in [5, 5.41) is 9.24. The molecule has 1 saturated heterocycles. The predicted molar refractivity (Wildman–Crippen MR) is 70.6 cm³/mol. The van der Waals surface area contributed by atoms with Crippen LogP contribution in [0.5, 0.6) is 0 Å². The van der Waals surface area contributed by atoms with Crippen molar-refractivity contribution in [2.45, 2.75) is 19.8 Å². The van der Waals surface area contributed by atoms with Gasteiger partial charge in [0.25, 0.3) is 0 Å². The van der Waals surface area contributed by atoms with Crippen LogP contribution in [0.4, 0.5) is 5.82 Å². The summed E-state index contributed by atoms with van der Waals surface area (Å²) in [4.78, 5) is 17.9. The number of piperidine rings is 1. The standard InChI is InChI=1S/C14H17N3O2/c1-10-5-6-16-13(12(10)8-15)17-7-3-4-11(9-17)14(18)19-2/h5-6,11H,3-4,7,9H2,1-2H3. The molecule has 0 N–H and O–H groups in total. The fourth-order valence-corrected chi connectivity index (χ4v) is 2.45. The van der Waals surface area contributed by atoms with Crippen molar-refractivity contribution in [1.29, 1.82) is 5.26 Å². The summed E-state index contributed by atoms with van der Waals surface area (Å²) < 4.78 is 4.80. The number of rotatable bonds is 2. The van der Waals surface area contributed by atoms with E-state index in [0.29, 0.717) is 17.9 Å². The lowest BCUT2D eigenvalue weighted by molar-refractivity contribution is -0.145. The summed E-state index contributed by atoms with van der Waals surface area (Å²) in [6, 6.07) is 4.02. The Kier molecular flexibility index (Phi) is 4.00. The molecule has 2 rings (SSSR count). The van der Waals surface area contributed by atoms with Crippen molar-refractivity contribution < 1.29 is 9.53 Å². The molecule has 0 bridgehead atoms. The van der Waals surface area contributed by atoms with E-state index < -0.39 is 0 Å². The van der Waals surface area contributed by atoms with Crippen molar-refractivity contribution in [1.82, 2.24) is 4.98 Å². The second-order valence-corrected chi connectivity index (χ2v) is 4.75. The lowest BCUT2D eigenvalue weighted by Gasteiger charge is -2.32. The van der Waals surface area contributed by atoms with E-state index in [0.717, 1.165) is 24.9 Å². The summed E-state index contributed by atoms with van der Waals surface area (Å²) in [7, 11) is 1.41. The molecule has 19 heavy (non-hydrogen) atoms. The van der Waals surface area contributed by atoms with Crippen LogP contribution in [0.25, 0.3) is 0 Å². The summed E-state index contributed by atoms with van der Waals surface area (Å²) in [6.07, 6.45) is 3.43. The van der Waals surface area contributed by atoms with Gasteiger partial charge < -0.3 is 9.64 Å². The van der Waals surface area contributed by atoms with Gasteiger partial charge in [0.05, 0.1) is 18.6 Å². The minimum absolute atomic E-state index is 0.132. The molecule has 0 aliphatic carbocycles. The number of hydrogen-bond acceptors (Lipinski definition) is 5. The first kappa shape index (κ1) is 13.3. The molecule has 1 unspecified atom stereocenters. The molecule has 5 nitrogen and oxygen atoms in total. The zero-order valence-corrected chi connectivity index (χ0v) is 11.2. The first-order chi connectivity index (χ1) is 9.17. The van der Waals surface area contributed by atoms with Crippen LogP contribution < -0.4 is 4.90 Å². The highest BCUT2D eigenvalue weighted by Crippen LogP contribution is 2.26. The highest BCUT2D eigenvalue weighted by Gasteiger charge is 2.28. The molecule has 5 heteroatoms. The predicted octanol–water partition coefficient (Wildman–Crippen LogP) is 1.65. The maximum absolute atomic E-state index is 11.6. The van der Waals surface area contributed by atoms with Crippen molar-refractivity contribution in [3.63, 3.8) is 0 Å². The van der Waals surface area contributed by atoms with Gasteiger partial charge in [0.15, 0.2) is 0 Å². The average molecular weight is 259 g/mol. The average Bonchev–Trinajstić information content (AvgIpc) is 2.46. The molecule has 1 aromatic rings. The Balaban J connectivity index is 2.25. The maximum Gasteiger partial charge on any atom is 0.310 e. The van der Waals surface area contributed by atoms with Crippen molar-refractivity contribution in [3.8, 4) is 6.07 Å². The van der Waals surface area contributed by atoms with Crippen LogP contribution in [-0.4, -0.2) is 31.2 Å². The number of hydrogen-bond donors (Lipinski definition) is 0. The normalized spacial score (nSPS) is 18.8. The number of nitrogens with zero attached hydrogens (tertiary/aromatic N) is 3. The zero-order valence-electron chi connectivity index (χ0n) is 11.2. The number of carbonyl (C=O) groups excluding carboxylic acids is 1. The fraction of sp³-hybridized carbons (Fsp3) is 0.500. The third-order valence-electron chi connectivity index (χ3n) is 3.51. The van der Waals surface area contributed by atoms with E-state index in [1.54, 1.807) is 6.20 Å². The van der Waals surface area contributed by atoms with Crippen LogP contribution in [0.15, 0.2) is 12.3 Å². The van der Waals surface area contributed by atoms with E-state index >= 15 is 0 Å². The quantitative estimate of drug-likeness (QED) is 0.755. The Bertz CT molecular complexity index is 522. The van der Waals surface area contributed by atoms with Gasteiger partial charge in [0.1, 0.15) is 11.9 Å². The lowest BCUT2D eigenvalue weighted by atomic mass is 9.97. The van der Waals surface area contributed by atoms with Crippen LogP contribution in [0, 0.1) is 24.2 Å².